The summed E-state index contributed by atoms with van der Waals surface area (Å²) in [5.41, 5.74) is 5.30. The summed E-state index contributed by atoms with van der Waals surface area (Å²) in [6.07, 6.45) is 3.19. The third-order valence-electron chi connectivity index (χ3n) is 5.33. The van der Waals surface area contributed by atoms with Gasteiger partial charge in [0.15, 0.2) is 0 Å². The number of hydrogen-bond donors (Lipinski definition) is 1. The lowest BCUT2D eigenvalue weighted by Crippen LogP contribution is -2.48. The minimum absolute atomic E-state index is 0.214. The molecule has 2 heteroatoms. The van der Waals surface area contributed by atoms with Gasteiger partial charge in [-0.3, -0.25) is 4.90 Å². The van der Waals surface area contributed by atoms with E-state index in [4.69, 9.17) is 0 Å². The van der Waals surface area contributed by atoms with Crippen LogP contribution in [0.4, 0.5) is 0 Å². The van der Waals surface area contributed by atoms with Gasteiger partial charge in [-0.15, -0.1) is 0 Å². The Kier molecular flexibility index (Phi) is 5.37. The molecule has 1 N–H and O–H groups in total. The molecule has 0 radical (unpaired) electrons. The van der Waals surface area contributed by atoms with Crippen molar-refractivity contribution in [3.8, 4) is 0 Å². The Morgan fingerprint density at radius 1 is 1.04 bits per heavy atom. The summed E-state index contributed by atoms with van der Waals surface area (Å²) >= 11 is 0. The highest BCUT2D eigenvalue weighted by atomic mass is 16.3. The third kappa shape index (κ3) is 3.55. The lowest BCUT2D eigenvalue weighted by molar-refractivity contribution is 0.0184. The quantitative estimate of drug-likeness (QED) is 0.887. The molecule has 1 heterocycles. The lowest BCUT2D eigenvalue weighted by Gasteiger charge is -2.43. The van der Waals surface area contributed by atoms with Gasteiger partial charge in [-0.05, 0) is 56.8 Å². The Balaban J connectivity index is 2.10. The van der Waals surface area contributed by atoms with Gasteiger partial charge in [-0.1, -0.05) is 60.5 Å². The van der Waals surface area contributed by atoms with E-state index < -0.39 is 0 Å². The molecule has 1 aliphatic rings. The number of rotatable bonds is 4. The van der Waals surface area contributed by atoms with Gasteiger partial charge in [0.2, 0.25) is 0 Å². The number of nitrogens with zero attached hydrogens (tertiary/aromatic N) is 1. The van der Waals surface area contributed by atoms with Crippen molar-refractivity contribution in [2.45, 2.75) is 58.2 Å². The van der Waals surface area contributed by atoms with Crippen molar-refractivity contribution < 1.29 is 5.11 Å². The van der Waals surface area contributed by atoms with Crippen LogP contribution in [-0.4, -0.2) is 28.7 Å². The van der Waals surface area contributed by atoms with Crippen LogP contribution < -0.4 is 0 Å². The van der Waals surface area contributed by atoms with E-state index in [0.717, 1.165) is 13.0 Å². The van der Waals surface area contributed by atoms with Gasteiger partial charge in [-0.25, -0.2) is 0 Å². The molecular weight excluding hydrogens is 294 g/mol. The molecule has 3 rings (SSSR count). The second-order valence-electron chi connectivity index (χ2n) is 7.21. The minimum Gasteiger partial charge on any atom is -0.392 e. The van der Waals surface area contributed by atoms with Gasteiger partial charge in [0, 0.05) is 6.04 Å². The van der Waals surface area contributed by atoms with E-state index in [1.807, 2.05) is 6.92 Å². The summed E-state index contributed by atoms with van der Waals surface area (Å²) in [5, 5.41) is 10.4. The standard InChI is InChI=1S/C22H29NO/c1-16-12-13-17(2)20(15-16)22(19-9-5-4-6-10-19)23-14-8-7-11-21(23)18(3)24/h4-6,9-10,12-13,15,18,21-22,24H,7-8,11,14H2,1-3H3. The fourth-order valence-corrected chi connectivity index (χ4v) is 4.06. The van der Waals surface area contributed by atoms with Crippen molar-refractivity contribution in [1.82, 2.24) is 4.90 Å². The van der Waals surface area contributed by atoms with Crippen LogP contribution in [0.5, 0.6) is 0 Å². The summed E-state index contributed by atoms with van der Waals surface area (Å²) in [6, 6.07) is 17.9. The largest absolute Gasteiger partial charge is 0.392 e. The number of aliphatic hydroxyl groups excluding tert-OH is 1. The Morgan fingerprint density at radius 3 is 2.50 bits per heavy atom. The first-order valence-corrected chi connectivity index (χ1v) is 9.14. The molecule has 2 aromatic rings. The fraction of sp³-hybridized carbons (Fsp3) is 0.455. The van der Waals surface area contributed by atoms with Gasteiger partial charge in [0.1, 0.15) is 0 Å². The molecule has 2 nitrogen and oxygen atoms in total. The highest BCUT2D eigenvalue weighted by molar-refractivity contribution is 5.39. The molecule has 0 aliphatic carbocycles. The maximum absolute atomic E-state index is 10.4. The van der Waals surface area contributed by atoms with Crippen LogP contribution in [0.2, 0.25) is 0 Å². The minimum atomic E-state index is -0.304. The Labute approximate surface area is 146 Å². The molecule has 1 saturated heterocycles. The molecule has 3 unspecified atom stereocenters. The molecule has 0 saturated carbocycles. The maximum Gasteiger partial charge on any atom is 0.0667 e. The van der Waals surface area contributed by atoms with Crippen molar-refractivity contribution in [1.29, 1.82) is 0 Å². The Hall–Kier alpha value is -1.64. The normalized spacial score (nSPS) is 21.4. The van der Waals surface area contributed by atoms with Gasteiger partial charge < -0.3 is 5.11 Å². The van der Waals surface area contributed by atoms with Crippen LogP contribution in [-0.2, 0) is 0 Å². The van der Waals surface area contributed by atoms with Gasteiger partial charge >= 0.3 is 0 Å². The highest BCUT2D eigenvalue weighted by Gasteiger charge is 2.33. The van der Waals surface area contributed by atoms with Crippen molar-refractivity contribution >= 4 is 0 Å². The van der Waals surface area contributed by atoms with E-state index in [2.05, 4.69) is 67.3 Å². The predicted molar refractivity (Wildman–Crippen MR) is 100 cm³/mol. The Morgan fingerprint density at radius 2 is 1.79 bits per heavy atom. The van der Waals surface area contributed by atoms with Crippen molar-refractivity contribution in [3.05, 3.63) is 70.8 Å². The summed E-state index contributed by atoms with van der Waals surface area (Å²) in [6.45, 7) is 7.34. The van der Waals surface area contributed by atoms with E-state index in [9.17, 15) is 5.11 Å². The van der Waals surface area contributed by atoms with Crippen LogP contribution >= 0.6 is 0 Å². The number of likely N-dealkylation sites (tertiary alicyclic amines) is 1. The van der Waals surface area contributed by atoms with Gasteiger partial charge in [-0.2, -0.15) is 0 Å². The summed E-state index contributed by atoms with van der Waals surface area (Å²) in [7, 11) is 0. The summed E-state index contributed by atoms with van der Waals surface area (Å²) < 4.78 is 0. The maximum atomic E-state index is 10.4. The summed E-state index contributed by atoms with van der Waals surface area (Å²) in [4.78, 5) is 2.53. The molecule has 128 valence electrons. The van der Waals surface area contributed by atoms with Crippen LogP contribution in [0.15, 0.2) is 48.5 Å². The van der Waals surface area contributed by atoms with Crippen molar-refractivity contribution in [3.63, 3.8) is 0 Å². The zero-order valence-corrected chi connectivity index (χ0v) is 15.1. The molecule has 3 atom stereocenters. The molecule has 1 aliphatic heterocycles. The van der Waals surface area contributed by atoms with Gasteiger partial charge in [0.05, 0.1) is 12.1 Å². The number of piperidine rings is 1. The van der Waals surface area contributed by atoms with Crippen LogP contribution in [0.25, 0.3) is 0 Å². The highest BCUT2D eigenvalue weighted by Crippen LogP contribution is 2.36. The number of aliphatic hydroxyl groups is 1. The first kappa shape index (κ1) is 17.2. The second-order valence-corrected chi connectivity index (χ2v) is 7.21. The second kappa shape index (κ2) is 7.50. The first-order valence-electron chi connectivity index (χ1n) is 9.14. The SMILES string of the molecule is Cc1ccc(C)c(C(c2ccccc2)N2CCCCC2C(C)O)c1. The molecule has 24 heavy (non-hydrogen) atoms. The molecule has 0 bridgehead atoms. The Bertz CT molecular complexity index is 665. The van der Waals surface area contributed by atoms with Crippen molar-refractivity contribution in [2.24, 2.45) is 0 Å². The molecule has 2 aromatic carbocycles. The van der Waals surface area contributed by atoms with E-state index in [-0.39, 0.29) is 18.2 Å². The molecule has 0 aromatic heterocycles. The van der Waals surface area contributed by atoms with Gasteiger partial charge in [0.25, 0.3) is 0 Å². The number of benzene rings is 2. The van der Waals surface area contributed by atoms with E-state index >= 15 is 0 Å². The van der Waals surface area contributed by atoms with Crippen LogP contribution in [0, 0.1) is 13.8 Å². The van der Waals surface area contributed by atoms with Crippen LogP contribution in [0.3, 0.4) is 0 Å². The monoisotopic (exact) mass is 323 g/mol. The fourth-order valence-electron chi connectivity index (χ4n) is 4.06. The number of aryl methyl sites for hydroxylation is 2. The first-order chi connectivity index (χ1) is 11.6. The molecule has 0 spiro atoms. The van der Waals surface area contributed by atoms with Crippen molar-refractivity contribution in [2.75, 3.05) is 6.54 Å². The smallest absolute Gasteiger partial charge is 0.0667 e. The lowest BCUT2D eigenvalue weighted by atomic mass is 9.87. The van der Waals surface area contributed by atoms with E-state index in [0.29, 0.717) is 0 Å². The average molecular weight is 323 g/mol. The number of hydrogen-bond acceptors (Lipinski definition) is 2. The van der Waals surface area contributed by atoms with E-state index in [1.54, 1.807) is 0 Å². The zero-order valence-electron chi connectivity index (χ0n) is 15.1. The average Bonchev–Trinajstić information content (AvgIpc) is 2.59. The predicted octanol–water partition coefficient (Wildman–Crippen LogP) is 4.63. The molecule has 1 fully saturated rings. The summed E-state index contributed by atoms with van der Waals surface area (Å²) in [5.74, 6) is 0. The van der Waals surface area contributed by atoms with Crippen LogP contribution in [0.1, 0.15) is 54.5 Å². The third-order valence-corrected chi connectivity index (χ3v) is 5.33. The topological polar surface area (TPSA) is 23.5 Å². The molecule has 0 amide bonds. The molecular formula is C22H29NO. The van der Waals surface area contributed by atoms with E-state index in [1.165, 1.54) is 35.1 Å². The zero-order chi connectivity index (χ0) is 17.1.